The largest absolute Gasteiger partial charge is 0.307 e. The third kappa shape index (κ3) is 2.04. The average molecular weight is 213 g/mol. The number of rotatable bonds is 1. The molecule has 1 aliphatic heterocycles. The lowest BCUT2D eigenvalue weighted by Crippen LogP contribution is -2.32. The van der Waals surface area contributed by atoms with Crippen molar-refractivity contribution in [3.05, 3.63) is 41.5 Å². The van der Waals surface area contributed by atoms with E-state index in [9.17, 15) is 13.2 Å². The van der Waals surface area contributed by atoms with Crippen LogP contribution in [0.25, 0.3) is 5.57 Å². The van der Waals surface area contributed by atoms with Crippen molar-refractivity contribution in [1.82, 2.24) is 5.32 Å². The number of halogens is 3. The summed E-state index contributed by atoms with van der Waals surface area (Å²) in [4.78, 5) is 0. The molecule has 2 rings (SSSR count). The first-order valence-electron chi connectivity index (χ1n) is 4.68. The summed E-state index contributed by atoms with van der Waals surface area (Å²) >= 11 is 0. The molecule has 0 saturated heterocycles. The lowest BCUT2D eigenvalue weighted by Gasteiger charge is -2.20. The minimum absolute atomic E-state index is 0.0349. The standard InChI is InChI=1S/C11H10F3N/c12-8-3-1-7(2-4-8)11-9(13)5-15-6-10(11)14/h1-4,9,15H,5-6H2. The fourth-order valence-corrected chi connectivity index (χ4v) is 1.64. The van der Waals surface area contributed by atoms with Crippen molar-refractivity contribution < 1.29 is 13.2 Å². The molecule has 0 amide bonds. The van der Waals surface area contributed by atoms with Gasteiger partial charge in [0.2, 0.25) is 0 Å². The van der Waals surface area contributed by atoms with Crippen molar-refractivity contribution in [2.45, 2.75) is 6.17 Å². The van der Waals surface area contributed by atoms with E-state index in [2.05, 4.69) is 5.32 Å². The molecule has 0 fully saturated rings. The summed E-state index contributed by atoms with van der Waals surface area (Å²) in [6.45, 7) is 0.132. The van der Waals surface area contributed by atoms with E-state index in [-0.39, 0.29) is 18.7 Å². The molecule has 1 aliphatic rings. The summed E-state index contributed by atoms with van der Waals surface area (Å²) in [7, 11) is 0. The second-order valence-electron chi connectivity index (χ2n) is 3.42. The van der Waals surface area contributed by atoms with Crippen LogP contribution in [0, 0.1) is 5.82 Å². The molecular weight excluding hydrogens is 203 g/mol. The third-order valence-electron chi connectivity index (χ3n) is 2.36. The van der Waals surface area contributed by atoms with Crippen LogP contribution in [-0.2, 0) is 0 Å². The molecule has 0 saturated carbocycles. The number of hydrogen-bond donors (Lipinski definition) is 1. The highest BCUT2D eigenvalue weighted by Crippen LogP contribution is 2.27. The number of hydrogen-bond acceptors (Lipinski definition) is 1. The number of nitrogens with one attached hydrogen (secondary N) is 1. The Morgan fingerprint density at radius 3 is 2.40 bits per heavy atom. The predicted octanol–water partition coefficient (Wildman–Crippen LogP) is 2.45. The lowest BCUT2D eigenvalue weighted by molar-refractivity contribution is 0.367. The first kappa shape index (κ1) is 10.2. The lowest BCUT2D eigenvalue weighted by atomic mass is 9.98. The Morgan fingerprint density at radius 1 is 1.13 bits per heavy atom. The van der Waals surface area contributed by atoms with Crippen LogP contribution in [0.4, 0.5) is 13.2 Å². The van der Waals surface area contributed by atoms with E-state index in [1.165, 1.54) is 24.3 Å². The molecule has 0 spiro atoms. The van der Waals surface area contributed by atoms with Gasteiger partial charge in [-0.25, -0.2) is 13.2 Å². The molecule has 1 aromatic rings. The molecule has 1 atom stereocenters. The third-order valence-corrected chi connectivity index (χ3v) is 2.36. The van der Waals surface area contributed by atoms with Crippen LogP contribution < -0.4 is 5.32 Å². The van der Waals surface area contributed by atoms with Gasteiger partial charge in [0.1, 0.15) is 17.8 Å². The fraction of sp³-hybridized carbons (Fsp3) is 0.273. The second kappa shape index (κ2) is 4.06. The van der Waals surface area contributed by atoms with Gasteiger partial charge in [-0.15, -0.1) is 0 Å². The van der Waals surface area contributed by atoms with E-state index in [1.807, 2.05) is 0 Å². The second-order valence-corrected chi connectivity index (χ2v) is 3.42. The van der Waals surface area contributed by atoms with Gasteiger partial charge in [0.05, 0.1) is 0 Å². The monoisotopic (exact) mass is 213 g/mol. The molecule has 1 nitrogen and oxygen atoms in total. The highest BCUT2D eigenvalue weighted by molar-refractivity contribution is 5.71. The zero-order chi connectivity index (χ0) is 10.8. The van der Waals surface area contributed by atoms with Gasteiger partial charge in [0.15, 0.2) is 0 Å². The summed E-state index contributed by atoms with van der Waals surface area (Å²) in [5.74, 6) is -0.926. The molecule has 15 heavy (non-hydrogen) atoms. The maximum Gasteiger partial charge on any atom is 0.141 e. The van der Waals surface area contributed by atoms with Crippen LogP contribution in [0.3, 0.4) is 0 Å². The van der Waals surface area contributed by atoms with Crippen molar-refractivity contribution >= 4 is 5.57 Å². The Morgan fingerprint density at radius 2 is 1.80 bits per heavy atom. The predicted molar refractivity (Wildman–Crippen MR) is 52.2 cm³/mol. The molecule has 4 heteroatoms. The highest BCUT2D eigenvalue weighted by atomic mass is 19.1. The summed E-state index contributed by atoms with van der Waals surface area (Å²) in [5, 5.41) is 2.61. The number of alkyl halides is 1. The topological polar surface area (TPSA) is 12.0 Å². The quantitative estimate of drug-likeness (QED) is 0.755. The van der Waals surface area contributed by atoms with Gasteiger partial charge in [-0.2, -0.15) is 0 Å². The van der Waals surface area contributed by atoms with E-state index < -0.39 is 17.8 Å². The molecule has 1 unspecified atom stereocenters. The summed E-state index contributed by atoms with van der Waals surface area (Å²) < 4.78 is 39.4. The fourth-order valence-electron chi connectivity index (χ4n) is 1.64. The maximum absolute atomic E-state index is 13.4. The van der Waals surface area contributed by atoms with Crippen LogP contribution in [0.15, 0.2) is 30.1 Å². The zero-order valence-corrected chi connectivity index (χ0v) is 7.93. The first-order valence-corrected chi connectivity index (χ1v) is 4.68. The summed E-state index contributed by atoms with van der Waals surface area (Å²) in [6, 6.07) is 5.18. The molecule has 0 radical (unpaired) electrons. The Labute approximate surface area is 85.6 Å². The molecule has 80 valence electrons. The average Bonchev–Trinajstić information content (AvgIpc) is 2.20. The molecular formula is C11H10F3N. The van der Waals surface area contributed by atoms with Gasteiger partial charge in [0.25, 0.3) is 0 Å². The molecule has 1 heterocycles. The van der Waals surface area contributed by atoms with E-state index in [4.69, 9.17) is 0 Å². The van der Waals surface area contributed by atoms with Crippen molar-refractivity contribution in [3.63, 3.8) is 0 Å². The van der Waals surface area contributed by atoms with E-state index in [1.54, 1.807) is 0 Å². The van der Waals surface area contributed by atoms with Crippen LogP contribution in [0.1, 0.15) is 5.56 Å². The van der Waals surface area contributed by atoms with Crippen molar-refractivity contribution in [1.29, 1.82) is 0 Å². The summed E-state index contributed by atoms with van der Waals surface area (Å²) in [6.07, 6.45) is -1.37. The highest BCUT2D eigenvalue weighted by Gasteiger charge is 2.23. The van der Waals surface area contributed by atoms with Gasteiger partial charge in [-0.05, 0) is 17.7 Å². The smallest absolute Gasteiger partial charge is 0.141 e. The van der Waals surface area contributed by atoms with E-state index in [0.29, 0.717) is 5.56 Å². The van der Waals surface area contributed by atoms with Gasteiger partial charge in [-0.1, -0.05) is 12.1 Å². The normalized spacial score (nSPS) is 21.9. The molecule has 0 bridgehead atoms. The Hall–Kier alpha value is -1.29. The SMILES string of the molecule is FC1=C(c2ccc(F)cc2)C(F)CNC1. The van der Waals surface area contributed by atoms with Crippen LogP contribution in [0.2, 0.25) is 0 Å². The first-order chi connectivity index (χ1) is 7.18. The molecule has 0 aromatic heterocycles. The maximum atomic E-state index is 13.4. The Kier molecular flexibility index (Phi) is 2.77. The number of benzene rings is 1. The summed E-state index contributed by atoms with van der Waals surface area (Å²) in [5.41, 5.74) is 0.441. The Bertz CT molecular complexity index is 383. The minimum Gasteiger partial charge on any atom is -0.307 e. The van der Waals surface area contributed by atoms with Crippen molar-refractivity contribution in [2.75, 3.05) is 13.1 Å². The molecule has 1 N–H and O–H groups in total. The van der Waals surface area contributed by atoms with E-state index in [0.717, 1.165) is 0 Å². The van der Waals surface area contributed by atoms with Gasteiger partial charge in [-0.3, -0.25) is 0 Å². The van der Waals surface area contributed by atoms with Gasteiger partial charge in [0, 0.05) is 18.7 Å². The van der Waals surface area contributed by atoms with Gasteiger partial charge < -0.3 is 5.32 Å². The van der Waals surface area contributed by atoms with Crippen LogP contribution in [-0.4, -0.2) is 19.3 Å². The van der Waals surface area contributed by atoms with Gasteiger partial charge >= 0.3 is 0 Å². The van der Waals surface area contributed by atoms with Crippen LogP contribution in [0.5, 0.6) is 0 Å². The van der Waals surface area contributed by atoms with E-state index >= 15 is 0 Å². The molecule has 0 aliphatic carbocycles. The molecule has 1 aromatic carbocycles. The Balaban J connectivity index is 2.40. The van der Waals surface area contributed by atoms with Crippen molar-refractivity contribution in [2.24, 2.45) is 0 Å². The van der Waals surface area contributed by atoms with Crippen molar-refractivity contribution in [3.8, 4) is 0 Å². The zero-order valence-electron chi connectivity index (χ0n) is 7.93. The van der Waals surface area contributed by atoms with Crippen LogP contribution >= 0.6 is 0 Å². The minimum atomic E-state index is -1.37.